The predicted octanol–water partition coefficient (Wildman–Crippen LogP) is 0.00860. The molecular weight excluding hydrogens is 218 g/mol. The topological polar surface area (TPSA) is 88.7 Å². The van der Waals surface area contributed by atoms with Crippen molar-refractivity contribution in [2.24, 2.45) is 16.5 Å². The predicted molar refractivity (Wildman–Crippen MR) is 69.5 cm³/mol. The smallest absolute Gasteiger partial charge is 0.387 e. The summed E-state index contributed by atoms with van der Waals surface area (Å²) in [4.78, 5) is 3.99. The Hall–Kier alpha value is -2.24. The van der Waals surface area contributed by atoms with E-state index >= 15 is 0 Å². The lowest BCUT2D eigenvalue weighted by Crippen LogP contribution is -2.29. The van der Waals surface area contributed by atoms with Crippen molar-refractivity contribution < 1.29 is 9.31 Å². The van der Waals surface area contributed by atoms with Gasteiger partial charge in [-0.2, -0.15) is 0 Å². The molecule has 0 aliphatic rings. The van der Waals surface area contributed by atoms with E-state index in [1.807, 2.05) is 24.3 Å². The molecule has 0 aliphatic carbocycles. The van der Waals surface area contributed by atoms with Gasteiger partial charge in [0.05, 0.1) is 21.2 Å². The fourth-order valence-electron chi connectivity index (χ4n) is 1.07. The molecule has 0 bridgehead atoms. The molecule has 6 nitrogen and oxygen atoms in total. The minimum absolute atomic E-state index is 0.237. The van der Waals surface area contributed by atoms with E-state index in [2.05, 4.69) is 10.3 Å². The summed E-state index contributed by atoms with van der Waals surface area (Å²) >= 11 is 0. The van der Waals surface area contributed by atoms with Crippen molar-refractivity contribution in [3.05, 3.63) is 24.3 Å². The number of methoxy groups -OCH3 is 1. The van der Waals surface area contributed by atoms with Crippen LogP contribution in [0.2, 0.25) is 0 Å². The Labute approximate surface area is 101 Å². The van der Waals surface area contributed by atoms with Crippen molar-refractivity contribution >= 4 is 17.6 Å². The van der Waals surface area contributed by atoms with Crippen LogP contribution in [-0.4, -0.2) is 37.7 Å². The molecule has 1 aromatic rings. The van der Waals surface area contributed by atoms with E-state index in [-0.39, 0.29) is 5.96 Å². The molecule has 0 spiro atoms. The first kappa shape index (κ1) is 12.8. The summed E-state index contributed by atoms with van der Waals surface area (Å²) in [6, 6.07) is 7.34. The van der Waals surface area contributed by atoms with Crippen LogP contribution in [-0.2, 0) is 0 Å². The number of nitrogens with one attached hydrogen (secondary N) is 1. The maximum atomic E-state index is 5.70. The van der Waals surface area contributed by atoms with Crippen LogP contribution in [0.15, 0.2) is 29.3 Å². The van der Waals surface area contributed by atoms with Gasteiger partial charge in [0.1, 0.15) is 5.75 Å². The zero-order valence-corrected chi connectivity index (χ0v) is 10.3. The van der Waals surface area contributed by atoms with Gasteiger partial charge in [0.25, 0.3) is 5.96 Å². The second-order valence-corrected chi connectivity index (χ2v) is 3.60. The maximum absolute atomic E-state index is 5.70. The lowest BCUT2D eigenvalue weighted by atomic mass is 10.3. The highest BCUT2D eigenvalue weighted by Crippen LogP contribution is 2.14. The van der Waals surface area contributed by atoms with Crippen LogP contribution < -0.4 is 21.5 Å². The fourth-order valence-corrected chi connectivity index (χ4v) is 1.07. The third-order valence-electron chi connectivity index (χ3n) is 2.06. The Bertz CT molecular complexity index is 432. The molecule has 0 saturated heterocycles. The summed E-state index contributed by atoms with van der Waals surface area (Å²) in [5, 5.41) is 2.92. The third kappa shape index (κ3) is 4.02. The van der Waals surface area contributed by atoms with Gasteiger partial charge in [0.2, 0.25) is 0 Å². The van der Waals surface area contributed by atoms with E-state index in [9.17, 15) is 0 Å². The van der Waals surface area contributed by atoms with E-state index in [1.54, 1.807) is 25.8 Å². The molecule has 0 aliphatic heterocycles. The number of benzene rings is 1. The number of hydrogen-bond donors (Lipinski definition) is 3. The molecule has 5 N–H and O–H groups in total. The highest BCUT2D eigenvalue weighted by Gasteiger charge is 2.03. The number of aliphatic imine (C=N–C) groups is 1. The third-order valence-corrected chi connectivity index (χ3v) is 2.06. The molecule has 1 aromatic carbocycles. The number of rotatable bonds is 2. The Balaban J connectivity index is 2.74. The Kier molecular flexibility index (Phi) is 4.33. The number of anilines is 1. The lowest BCUT2D eigenvalue weighted by molar-refractivity contribution is -0.466. The van der Waals surface area contributed by atoms with Gasteiger partial charge in [0, 0.05) is 5.69 Å². The van der Waals surface area contributed by atoms with Crippen molar-refractivity contribution in [3.63, 3.8) is 0 Å². The van der Waals surface area contributed by atoms with Crippen LogP contribution in [0.25, 0.3) is 0 Å². The summed E-state index contributed by atoms with van der Waals surface area (Å²) in [5.74, 6) is 1.36. The highest BCUT2D eigenvalue weighted by atomic mass is 16.5. The highest BCUT2D eigenvalue weighted by molar-refractivity contribution is 5.99. The largest absolute Gasteiger partial charge is 0.497 e. The normalized spacial score (nSPS) is 10.9. The van der Waals surface area contributed by atoms with Gasteiger partial charge in [-0.3, -0.25) is 10.3 Å². The summed E-state index contributed by atoms with van der Waals surface area (Å²) in [6.07, 6.45) is 0. The van der Waals surface area contributed by atoms with Crippen LogP contribution in [0.3, 0.4) is 0 Å². The first-order valence-electron chi connectivity index (χ1n) is 5.08. The van der Waals surface area contributed by atoms with Crippen molar-refractivity contribution in [1.29, 1.82) is 0 Å². The zero-order valence-electron chi connectivity index (χ0n) is 10.3. The molecule has 0 heterocycles. The zero-order chi connectivity index (χ0) is 12.8. The van der Waals surface area contributed by atoms with E-state index in [4.69, 9.17) is 16.2 Å². The quantitative estimate of drug-likeness (QED) is 0.383. The van der Waals surface area contributed by atoms with Gasteiger partial charge in [-0.05, 0) is 29.3 Å². The van der Waals surface area contributed by atoms with Gasteiger partial charge in [-0.15, -0.1) is 0 Å². The van der Waals surface area contributed by atoms with E-state index in [0.717, 1.165) is 11.4 Å². The van der Waals surface area contributed by atoms with Crippen LogP contribution in [0.1, 0.15) is 0 Å². The van der Waals surface area contributed by atoms with E-state index in [0.29, 0.717) is 5.96 Å². The minimum Gasteiger partial charge on any atom is -0.497 e. The van der Waals surface area contributed by atoms with Crippen LogP contribution in [0.4, 0.5) is 5.69 Å². The number of guanidine groups is 2. The minimum atomic E-state index is 0.237. The Morgan fingerprint density at radius 2 is 1.82 bits per heavy atom. The number of ether oxygens (including phenoxy) is 1. The maximum Gasteiger partial charge on any atom is 0.387 e. The second-order valence-electron chi connectivity index (χ2n) is 3.60. The molecule has 0 atom stereocenters. The summed E-state index contributed by atoms with van der Waals surface area (Å²) < 4.78 is 6.72. The molecule has 92 valence electrons. The fraction of sp³-hybridized carbons (Fsp3) is 0.273. The standard InChI is InChI=1S/C11H17N5O/c1-16(2)11(13)15-10(12)14-8-4-6-9(17-3)7-5-8/h4-7H,1-3H3,(H4,12,13,14,15)/p+1. The Morgan fingerprint density at radius 1 is 1.24 bits per heavy atom. The summed E-state index contributed by atoms with van der Waals surface area (Å²) in [5.41, 5.74) is 12.1. The van der Waals surface area contributed by atoms with Crippen molar-refractivity contribution in [1.82, 2.24) is 0 Å². The molecule has 0 aromatic heterocycles. The van der Waals surface area contributed by atoms with Crippen molar-refractivity contribution in [3.8, 4) is 5.75 Å². The van der Waals surface area contributed by atoms with Gasteiger partial charge in [0.15, 0.2) is 0 Å². The Morgan fingerprint density at radius 3 is 2.29 bits per heavy atom. The molecule has 0 fully saturated rings. The molecule has 0 unspecified atom stereocenters. The van der Waals surface area contributed by atoms with E-state index in [1.165, 1.54) is 0 Å². The average molecular weight is 236 g/mol. The second kappa shape index (κ2) is 5.74. The molecule has 0 saturated carbocycles. The van der Waals surface area contributed by atoms with Crippen molar-refractivity contribution in [2.75, 3.05) is 26.5 Å². The first-order valence-corrected chi connectivity index (χ1v) is 5.08. The van der Waals surface area contributed by atoms with Gasteiger partial charge >= 0.3 is 5.96 Å². The SMILES string of the molecule is COc1ccc(N/C(N)=N/C(N)=[N+](C)C)cc1. The number of nitrogens with zero attached hydrogens (tertiary/aromatic N) is 2. The van der Waals surface area contributed by atoms with Gasteiger partial charge in [-0.1, -0.05) is 0 Å². The summed E-state index contributed by atoms with van der Waals surface area (Å²) in [6.45, 7) is 0. The van der Waals surface area contributed by atoms with Crippen LogP contribution in [0.5, 0.6) is 5.75 Å². The lowest BCUT2D eigenvalue weighted by Gasteiger charge is -2.04. The number of nitrogens with two attached hydrogens (primary N) is 2. The molecular formula is C11H18N5O+. The van der Waals surface area contributed by atoms with Crippen LogP contribution in [0, 0.1) is 0 Å². The number of hydrogen-bond acceptors (Lipinski definition) is 1. The van der Waals surface area contributed by atoms with Gasteiger partial charge < -0.3 is 15.8 Å². The summed E-state index contributed by atoms with van der Waals surface area (Å²) in [7, 11) is 5.20. The van der Waals surface area contributed by atoms with Crippen molar-refractivity contribution in [2.45, 2.75) is 0 Å². The molecule has 1 rings (SSSR count). The monoisotopic (exact) mass is 236 g/mol. The van der Waals surface area contributed by atoms with E-state index < -0.39 is 0 Å². The molecule has 0 amide bonds. The molecule has 17 heavy (non-hydrogen) atoms. The van der Waals surface area contributed by atoms with Crippen LogP contribution >= 0.6 is 0 Å². The van der Waals surface area contributed by atoms with Gasteiger partial charge in [-0.25, -0.2) is 0 Å². The molecule has 6 heteroatoms. The molecule has 0 radical (unpaired) electrons. The average Bonchev–Trinajstić information content (AvgIpc) is 2.29. The first-order chi connectivity index (χ1) is 8.02.